The van der Waals surface area contributed by atoms with Crippen molar-refractivity contribution in [3.63, 3.8) is 0 Å². The second kappa shape index (κ2) is 8.48. The van der Waals surface area contributed by atoms with Crippen molar-refractivity contribution in [1.29, 1.82) is 0 Å². The molecule has 0 aliphatic carbocycles. The maximum atomic E-state index is 12.6. The lowest BCUT2D eigenvalue weighted by molar-refractivity contribution is -0.125. The lowest BCUT2D eigenvalue weighted by Gasteiger charge is -2.12. The second-order valence-electron chi connectivity index (χ2n) is 7.86. The SMILES string of the molecule is Cc1ccc2nc(-c3ccc(NC(=O)c4ccc(CN5C(=O)CNC5=O)cc4)cc3)sc2c1. The number of aryl methyl sites for hydroxylation is 1. The third-order valence-corrected chi connectivity index (χ3v) is 6.49. The van der Waals surface area contributed by atoms with Crippen LogP contribution in [-0.2, 0) is 11.3 Å². The number of urea groups is 1. The summed E-state index contributed by atoms with van der Waals surface area (Å²) in [5, 5.41) is 6.32. The Morgan fingerprint density at radius 2 is 1.82 bits per heavy atom. The molecule has 0 radical (unpaired) electrons. The number of aromatic nitrogens is 1. The number of anilines is 1. The minimum Gasteiger partial charge on any atom is -0.329 e. The van der Waals surface area contributed by atoms with Gasteiger partial charge >= 0.3 is 6.03 Å². The molecule has 0 unspecified atom stereocenters. The van der Waals surface area contributed by atoms with Crippen LogP contribution >= 0.6 is 11.3 Å². The number of nitrogens with one attached hydrogen (secondary N) is 2. The van der Waals surface area contributed by atoms with Gasteiger partial charge in [-0.15, -0.1) is 11.3 Å². The first-order chi connectivity index (χ1) is 16.0. The highest BCUT2D eigenvalue weighted by atomic mass is 32.1. The molecule has 1 aromatic heterocycles. The smallest absolute Gasteiger partial charge is 0.324 e. The molecule has 1 saturated heterocycles. The number of fused-ring (bicyclic) bond motifs is 1. The molecule has 0 saturated carbocycles. The molecule has 0 atom stereocenters. The molecule has 1 fully saturated rings. The van der Waals surface area contributed by atoms with Crippen LogP contribution < -0.4 is 10.6 Å². The van der Waals surface area contributed by atoms with E-state index in [9.17, 15) is 14.4 Å². The number of thiazole rings is 1. The molecule has 2 heterocycles. The Bertz CT molecular complexity index is 1360. The predicted octanol–water partition coefficient (Wildman–Crippen LogP) is 4.58. The highest BCUT2D eigenvalue weighted by Crippen LogP contribution is 2.31. The molecule has 5 rings (SSSR count). The highest BCUT2D eigenvalue weighted by Gasteiger charge is 2.28. The third kappa shape index (κ3) is 4.33. The zero-order valence-corrected chi connectivity index (χ0v) is 18.6. The minimum absolute atomic E-state index is 0.0246. The van der Waals surface area contributed by atoms with Gasteiger partial charge in [-0.05, 0) is 66.6 Å². The summed E-state index contributed by atoms with van der Waals surface area (Å²) in [7, 11) is 0. The highest BCUT2D eigenvalue weighted by molar-refractivity contribution is 7.21. The Kier molecular flexibility index (Phi) is 5.35. The van der Waals surface area contributed by atoms with Gasteiger partial charge in [-0.2, -0.15) is 0 Å². The van der Waals surface area contributed by atoms with Gasteiger partial charge in [0, 0.05) is 16.8 Å². The van der Waals surface area contributed by atoms with Gasteiger partial charge in [0.2, 0.25) is 5.91 Å². The van der Waals surface area contributed by atoms with Crippen LogP contribution in [0.1, 0.15) is 21.5 Å². The Hall–Kier alpha value is -4.04. The summed E-state index contributed by atoms with van der Waals surface area (Å²) in [6.45, 7) is 2.27. The average Bonchev–Trinajstić information content (AvgIpc) is 3.38. The van der Waals surface area contributed by atoms with Gasteiger partial charge < -0.3 is 10.6 Å². The lowest BCUT2D eigenvalue weighted by atomic mass is 10.1. The number of rotatable bonds is 5. The van der Waals surface area contributed by atoms with Crippen LogP contribution in [0, 0.1) is 6.92 Å². The van der Waals surface area contributed by atoms with Crippen molar-refractivity contribution in [2.75, 3.05) is 11.9 Å². The fourth-order valence-corrected chi connectivity index (χ4v) is 4.68. The zero-order chi connectivity index (χ0) is 22.9. The summed E-state index contributed by atoms with van der Waals surface area (Å²) in [6, 6.07) is 20.3. The Morgan fingerprint density at radius 1 is 1.06 bits per heavy atom. The molecule has 8 heteroatoms. The minimum atomic E-state index is -0.397. The molecular formula is C25H20N4O3S. The maximum Gasteiger partial charge on any atom is 0.324 e. The average molecular weight is 457 g/mol. The number of carbonyl (C=O) groups excluding carboxylic acids is 3. The number of amides is 4. The molecule has 0 spiro atoms. The summed E-state index contributed by atoms with van der Waals surface area (Å²) in [6.07, 6.45) is 0. The lowest BCUT2D eigenvalue weighted by Crippen LogP contribution is -2.30. The van der Waals surface area contributed by atoms with Gasteiger partial charge in [-0.25, -0.2) is 9.78 Å². The molecular weight excluding hydrogens is 436 g/mol. The summed E-state index contributed by atoms with van der Waals surface area (Å²) in [4.78, 5) is 41.9. The first-order valence-corrected chi connectivity index (χ1v) is 11.2. The van der Waals surface area contributed by atoms with Crippen molar-refractivity contribution in [2.24, 2.45) is 0 Å². The van der Waals surface area contributed by atoms with Crippen LogP contribution in [0.5, 0.6) is 0 Å². The van der Waals surface area contributed by atoms with Gasteiger partial charge in [-0.3, -0.25) is 14.5 Å². The van der Waals surface area contributed by atoms with Crippen molar-refractivity contribution in [3.05, 3.63) is 83.4 Å². The molecule has 164 valence electrons. The Morgan fingerprint density at radius 3 is 2.52 bits per heavy atom. The molecule has 1 aliphatic heterocycles. The van der Waals surface area contributed by atoms with E-state index in [0.29, 0.717) is 11.3 Å². The van der Waals surface area contributed by atoms with Crippen LogP contribution in [0.15, 0.2) is 66.7 Å². The molecule has 33 heavy (non-hydrogen) atoms. The van der Waals surface area contributed by atoms with Crippen molar-refractivity contribution in [2.45, 2.75) is 13.5 Å². The summed E-state index contributed by atoms with van der Waals surface area (Å²) >= 11 is 1.65. The number of carbonyl (C=O) groups is 3. The van der Waals surface area contributed by atoms with Crippen molar-refractivity contribution >= 4 is 45.1 Å². The van der Waals surface area contributed by atoms with Crippen LogP contribution in [-0.4, -0.2) is 34.3 Å². The fourth-order valence-electron chi connectivity index (χ4n) is 3.61. The summed E-state index contributed by atoms with van der Waals surface area (Å²) in [5.41, 5.74) is 5.13. The molecule has 1 aliphatic rings. The number of hydrogen-bond donors (Lipinski definition) is 2. The van der Waals surface area contributed by atoms with E-state index in [0.717, 1.165) is 31.3 Å². The normalized spacial score (nSPS) is 13.4. The topological polar surface area (TPSA) is 91.4 Å². The van der Waals surface area contributed by atoms with Gasteiger partial charge in [-0.1, -0.05) is 18.2 Å². The number of benzene rings is 3. The first kappa shape index (κ1) is 20.8. The van der Waals surface area contributed by atoms with Crippen LogP contribution in [0.25, 0.3) is 20.8 Å². The van der Waals surface area contributed by atoms with Gasteiger partial charge in [0.1, 0.15) is 5.01 Å². The first-order valence-electron chi connectivity index (χ1n) is 10.4. The fraction of sp³-hybridized carbons (Fsp3) is 0.120. The van der Waals surface area contributed by atoms with E-state index in [4.69, 9.17) is 4.98 Å². The molecule has 0 bridgehead atoms. The summed E-state index contributed by atoms with van der Waals surface area (Å²) < 4.78 is 1.15. The van der Waals surface area contributed by atoms with Gasteiger partial charge in [0.05, 0.1) is 23.3 Å². The van der Waals surface area contributed by atoms with E-state index in [1.807, 2.05) is 30.3 Å². The van der Waals surface area contributed by atoms with Crippen LogP contribution in [0.4, 0.5) is 10.5 Å². The quantitative estimate of drug-likeness (QED) is 0.430. The monoisotopic (exact) mass is 456 g/mol. The summed E-state index contributed by atoms with van der Waals surface area (Å²) in [5.74, 6) is -0.494. The van der Waals surface area contributed by atoms with Crippen LogP contribution in [0.3, 0.4) is 0 Å². The second-order valence-corrected chi connectivity index (χ2v) is 8.89. The van der Waals surface area contributed by atoms with Crippen LogP contribution in [0.2, 0.25) is 0 Å². The van der Waals surface area contributed by atoms with E-state index in [1.165, 1.54) is 5.56 Å². The molecule has 7 nitrogen and oxygen atoms in total. The Balaban J connectivity index is 1.25. The van der Waals surface area contributed by atoms with E-state index < -0.39 is 6.03 Å². The number of hydrogen-bond acceptors (Lipinski definition) is 5. The molecule has 3 aromatic carbocycles. The van der Waals surface area contributed by atoms with E-state index in [-0.39, 0.29) is 24.9 Å². The van der Waals surface area contributed by atoms with Crippen molar-refractivity contribution in [1.82, 2.24) is 15.2 Å². The van der Waals surface area contributed by atoms with Crippen molar-refractivity contribution < 1.29 is 14.4 Å². The number of nitrogens with zero attached hydrogens (tertiary/aromatic N) is 2. The van der Waals surface area contributed by atoms with Gasteiger partial charge in [0.15, 0.2) is 0 Å². The Labute approximate surface area is 194 Å². The number of imide groups is 1. The van der Waals surface area contributed by atoms with E-state index in [1.54, 1.807) is 35.6 Å². The van der Waals surface area contributed by atoms with Gasteiger partial charge in [0.25, 0.3) is 5.91 Å². The van der Waals surface area contributed by atoms with Crippen molar-refractivity contribution in [3.8, 4) is 10.6 Å². The molecule has 4 amide bonds. The maximum absolute atomic E-state index is 12.6. The third-order valence-electron chi connectivity index (χ3n) is 5.43. The largest absolute Gasteiger partial charge is 0.329 e. The molecule has 4 aromatic rings. The molecule has 2 N–H and O–H groups in total. The van der Waals surface area contributed by atoms with E-state index in [2.05, 4.69) is 29.7 Å². The standard InChI is InChI=1S/C25H20N4O3S/c1-15-2-11-20-21(12-15)33-24(28-20)18-7-9-19(10-8-18)27-23(31)17-5-3-16(4-6-17)14-29-22(30)13-26-25(29)32/h2-12H,13-14H2,1H3,(H,26,32)(H,27,31). The van der Waals surface area contributed by atoms with E-state index >= 15 is 0 Å². The predicted molar refractivity (Wildman–Crippen MR) is 128 cm³/mol. The zero-order valence-electron chi connectivity index (χ0n) is 17.8.